The van der Waals surface area contributed by atoms with Crippen LogP contribution in [0.1, 0.15) is 43.4 Å². The Morgan fingerprint density at radius 1 is 1.33 bits per heavy atom. The van der Waals surface area contributed by atoms with Crippen molar-refractivity contribution in [2.75, 3.05) is 6.54 Å². The second-order valence-electron chi connectivity index (χ2n) is 4.97. The molecule has 1 aromatic heterocycles. The van der Waals surface area contributed by atoms with E-state index in [0.29, 0.717) is 0 Å². The molecule has 4 nitrogen and oxygen atoms in total. The molecule has 0 atom stereocenters. The molecule has 1 saturated carbocycles. The zero-order chi connectivity index (χ0) is 12.8. The van der Waals surface area contributed by atoms with E-state index in [4.69, 9.17) is 0 Å². The van der Waals surface area contributed by atoms with Gasteiger partial charge in [-0.3, -0.25) is 10.1 Å². The van der Waals surface area contributed by atoms with Gasteiger partial charge >= 0.3 is 5.00 Å². The van der Waals surface area contributed by atoms with E-state index in [2.05, 4.69) is 5.32 Å². The largest absolute Gasteiger partial charge is 0.324 e. The van der Waals surface area contributed by atoms with Gasteiger partial charge in [0.05, 0.1) is 4.92 Å². The monoisotopic (exact) mass is 268 g/mol. The molecule has 1 N–H and O–H groups in total. The van der Waals surface area contributed by atoms with Crippen molar-refractivity contribution in [1.29, 1.82) is 0 Å². The highest BCUT2D eigenvalue weighted by Crippen LogP contribution is 2.26. The Kier molecular flexibility index (Phi) is 5.13. The van der Waals surface area contributed by atoms with E-state index in [-0.39, 0.29) is 9.92 Å². The second kappa shape index (κ2) is 6.85. The van der Waals surface area contributed by atoms with E-state index in [1.165, 1.54) is 49.9 Å². The molecule has 0 unspecified atom stereocenters. The fraction of sp³-hybridized carbons (Fsp3) is 0.692. The molecule has 1 heterocycles. The van der Waals surface area contributed by atoms with Crippen molar-refractivity contribution in [2.45, 2.75) is 45.1 Å². The Hall–Kier alpha value is -0.940. The van der Waals surface area contributed by atoms with Crippen LogP contribution < -0.4 is 5.32 Å². The second-order valence-corrected chi connectivity index (χ2v) is 6.11. The topological polar surface area (TPSA) is 55.2 Å². The van der Waals surface area contributed by atoms with E-state index in [1.807, 2.05) is 6.07 Å². The number of nitrogens with one attached hydrogen (secondary N) is 1. The van der Waals surface area contributed by atoms with Crippen molar-refractivity contribution < 1.29 is 4.92 Å². The summed E-state index contributed by atoms with van der Waals surface area (Å²) in [6.07, 6.45) is 8.19. The molecule has 0 aromatic carbocycles. The predicted molar refractivity (Wildman–Crippen MR) is 73.9 cm³/mol. The summed E-state index contributed by atoms with van der Waals surface area (Å²) >= 11 is 1.27. The van der Waals surface area contributed by atoms with Gasteiger partial charge in [0.1, 0.15) is 0 Å². The van der Waals surface area contributed by atoms with E-state index < -0.39 is 0 Å². The maximum atomic E-state index is 10.5. The van der Waals surface area contributed by atoms with Crippen molar-refractivity contribution in [3.8, 4) is 0 Å². The van der Waals surface area contributed by atoms with Gasteiger partial charge in [-0.25, -0.2) is 0 Å². The summed E-state index contributed by atoms with van der Waals surface area (Å²) in [6, 6.07) is 3.43. The molecule has 1 aliphatic carbocycles. The zero-order valence-corrected chi connectivity index (χ0v) is 11.4. The minimum atomic E-state index is -0.323. The molecular formula is C13H20N2O2S. The normalized spacial score (nSPS) is 16.9. The number of nitro groups is 1. The zero-order valence-electron chi connectivity index (χ0n) is 10.6. The Balaban J connectivity index is 1.63. The summed E-state index contributed by atoms with van der Waals surface area (Å²) in [5, 5.41) is 14.2. The van der Waals surface area contributed by atoms with Crippen molar-refractivity contribution in [3.63, 3.8) is 0 Å². The van der Waals surface area contributed by atoms with Crippen LogP contribution in [0.3, 0.4) is 0 Å². The van der Waals surface area contributed by atoms with Crippen molar-refractivity contribution >= 4 is 16.3 Å². The summed E-state index contributed by atoms with van der Waals surface area (Å²) in [6.45, 7) is 1.78. The average molecular weight is 268 g/mol. The van der Waals surface area contributed by atoms with E-state index in [0.717, 1.165) is 23.9 Å². The van der Waals surface area contributed by atoms with Gasteiger partial charge in [0.2, 0.25) is 0 Å². The minimum Gasteiger partial charge on any atom is -0.312 e. The molecule has 1 aromatic rings. The lowest BCUT2D eigenvalue weighted by molar-refractivity contribution is -0.380. The molecular weight excluding hydrogens is 248 g/mol. The van der Waals surface area contributed by atoms with Crippen molar-refractivity contribution in [1.82, 2.24) is 5.32 Å². The van der Waals surface area contributed by atoms with Crippen LogP contribution in [0.5, 0.6) is 0 Å². The lowest BCUT2D eigenvalue weighted by Gasteiger charge is -2.21. The Labute approximate surface area is 112 Å². The molecule has 0 spiro atoms. The van der Waals surface area contributed by atoms with Gasteiger partial charge in [-0.05, 0) is 24.9 Å². The van der Waals surface area contributed by atoms with Gasteiger partial charge in [-0.2, -0.15) is 0 Å². The van der Waals surface area contributed by atoms with E-state index in [9.17, 15) is 10.1 Å². The lowest BCUT2D eigenvalue weighted by atomic mass is 9.87. The number of rotatable bonds is 6. The van der Waals surface area contributed by atoms with Gasteiger partial charge in [0.15, 0.2) is 0 Å². The third kappa shape index (κ3) is 4.07. The van der Waals surface area contributed by atoms with Crippen LogP contribution in [0.15, 0.2) is 12.1 Å². The fourth-order valence-corrected chi connectivity index (χ4v) is 3.34. The Morgan fingerprint density at radius 3 is 2.78 bits per heavy atom. The van der Waals surface area contributed by atoms with Crippen molar-refractivity contribution in [3.05, 3.63) is 27.1 Å². The maximum absolute atomic E-state index is 10.5. The Bertz CT molecular complexity index is 386. The van der Waals surface area contributed by atoms with Gasteiger partial charge in [-0.1, -0.05) is 43.4 Å². The third-order valence-corrected chi connectivity index (χ3v) is 4.62. The highest BCUT2D eigenvalue weighted by atomic mass is 32.1. The fourth-order valence-electron chi connectivity index (χ4n) is 2.55. The first kappa shape index (κ1) is 13.5. The summed E-state index contributed by atoms with van der Waals surface area (Å²) in [7, 11) is 0. The molecule has 5 heteroatoms. The molecule has 0 saturated heterocycles. The molecule has 1 aliphatic rings. The highest BCUT2D eigenvalue weighted by Gasteiger charge is 2.13. The maximum Gasteiger partial charge on any atom is 0.324 e. The van der Waals surface area contributed by atoms with E-state index in [1.54, 1.807) is 6.07 Å². The lowest BCUT2D eigenvalue weighted by Crippen LogP contribution is -2.18. The predicted octanol–water partition coefficient (Wildman–Crippen LogP) is 3.72. The summed E-state index contributed by atoms with van der Waals surface area (Å²) in [5.74, 6) is 0.893. The highest BCUT2D eigenvalue weighted by molar-refractivity contribution is 7.15. The van der Waals surface area contributed by atoms with Crippen LogP contribution in [0.25, 0.3) is 0 Å². The van der Waals surface area contributed by atoms with Crippen LogP contribution in [0, 0.1) is 16.0 Å². The molecule has 0 radical (unpaired) electrons. The minimum absolute atomic E-state index is 0.235. The molecule has 100 valence electrons. The Morgan fingerprint density at radius 2 is 2.11 bits per heavy atom. The van der Waals surface area contributed by atoms with Crippen LogP contribution in [0.2, 0.25) is 0 Å². The molecule has 0 aliphatic heterocycles. The van der Waals surface area contributed by atoms with Crippen LogP contribution in [-0.2, 0) is 6.54 Å². The smallest absolute Gasteiger partial charge is 0.312 e. The number of nitrogens with zero attached hydrogens (tertiary/aromatic N) is 1. The SMILES string of the molecule is O=[N+]([O-])c1ccc(CNCCC2CCCCC2)s1. The van der Waals surface area contributed by atoms with Gasteiger partial charge in [0, 0.05) is 17.5 Å². The van der Waals surface area contributed by atoms with E-state index >= 15 is 0 Å². The molecule has 1 fully saturated rings. The quantitative estimate of drug-likeness (QED) is 0.486. The average Bonchev–Trinajstić information content (AvgIpc) is 2.85. The summed E-state index contributed by atoms with van der Waals surface area (Å²) < 4.78 is 0. The van der Waals surface area contributed by atoms with Gasteiger partial charge < -0.3 is 5.32 Å². The summed E-state index contributed by atoms with van der Waals surface area (Å²) in [5.41, 5.74) is 0. The third-order valence-electron chi connectivity index (χ3n) is 3.58. The molecule has 2 rings (SSSR count). The van der Waals surface area contributed by atoms with Crippen molar-refractivity contribution in [2.24, 2.45) is 5.92 Å². The number of hydrogen-bond donors (Lipinski definition) is 1. The van der Waals surface area contributed by atoms with Crippen LogP contribution in [0.4, 0.5) is 5.00 Å². The van der Waals surface area contributed by atoms with Gasteiger partial charge in [-0.15, -0.1) is 0 Å². The first-order valence-corrected chi connectivity index (χ1v) is 7.51. The number of hydrogen-bond acceptors (Lipinski definition) is 4. The molecule has 0 bridgehead atoms. The standard InChI is InChI=1S/C13H20N2O2S/c16-15(17)13-7-6-12(18-13)10-14-9-8-11-4-2-1-3-5-11/h6-7,11,14H,1-5,8-10H2. The molecule has 18 heavy (non-hydrogen) atoms. The van der Waals surface area contributed by atoms with Crippen LogP contribution in [-0.4, -0.2) is 11.5 Å². The molecule has 0 amide bonds. The first-order valence-electron chi connectivity index (χ1n) is 6.69. The van der Waals surface area contributed by atoms with Gasteiger partial charge in [0.25, 0.3) is 0 Å². The number of thiophene rings is 1. The first-order chi connectivity index (χ1) is 8.75. The summed E-state index contributed by atoms with van der Waals surface area (Å²) in [4.78, 5) is 11.3. The van der Waals surface area contributed by atoms with Crippen LogP contribution >= 0.6 is 11.3 Å².